The topological polar surface area (TPSA) is 129 Å². The van der Waals surface area contributed by atoms with Crippen LogP contribution in [0.2, 0.25) is 0 Å². The molecule has 11 heteroatoms. The zero-order valence-corrected chi connectivity index (χ0v) is 21.7. The summed E-state index contributed by atoms with van der Waals surface area (Å²) < 4.78 is 38.7. The largest absolute Gasteiger partial charge is 0.494 e. The lowest BCUT2D eigenvalue weighted by atomic mass is 9.89. The SMILES string of the molecule is [N-]=[N+]=NCc1ccccc1C[C@]1(C(=O)NCCc2cc(F)cc(F)c2)COC(c2ccc(OCCCO)cc2)=N1. The van der Waals surface area contributed by atoms with Crippen LogP contribution in [-0.2, 0) is 28.9 Å². The Morgan fingerprint density at radius 1 is 1.12 bits per heavy atom. The molecule has 0 saturated carbocycles. The highest BCUT2D eigenvalue weighted by atomic mass is 19.1. The zero-order chi connectivity index (χ0) is 28.4. The third-order valence-electron chi connectivity index (χ3n) is 6.39. The molecule has 0 aromatic heterocycles. The van der Waals surface area contributed by atoms with E-state index in [1.54, 1.807) is 24.3 Å². The van der Waals surface area contributed by atoms with Crippen molar-refractivity contribution in [3.05, 3.63) is 111 Å². The number of hydrogen-bond acceptors (Lipinski definition) is 6. The second kappa shape index (κ2) is 13.5. The lowest BCUT2D eigenvalue weighted by Gasteiger charge is -2.24. The summed E-state index contributed by atoms with van der Waals surface area (Å²) in [4.78, 5) is 21.2. The molecule has 40 heavy (non-hydrogen) atoms. The van der Waals surface area contributed by atoms with Gasteiger partial charge in [0.2, 0.25) is 5.90 Å². The van der Waals surface area contributed by atoms with E-state index in [-0.39, 0.29) is 45.0 Å². The van der Waals surface area contributed by atoms with Crippen LogP contribution in [0.4, 0.5) is 8.78 Å². The Bertz CT molecular complexity index is 1390. The first-order chi connectivity index (χ1) is 19.4. The molecule has 1 aliphatic rings. The van der Waals surface area contributed by atoms with E-state index in [9.17, 15) is 13.6 Å². The molecule has 1 aliphatic heterocycles. The summed E-state index contributed by atoms with van der Waals surface area (Å²) in [5.74, 6) is -0.852. The Morgan fingerprint density at radius 2 is 1.85 bits per heavy atom. The number of aliphatic hydroxyl groups excluding tert-OH is 1. The molecule has 1 atom stereocenters. The summed E-state index contributed by atoms with van der Waals surface area (Å²) >= 11 is 0. The second-order valence-corrected chi connectivity index (χ2v) is 9.31. The quantitative estimate of drug-likeness (QED) is 0.139. The van der Waals surface area contributed by atoms with Crippen molar-refractivity contribution in [1.29, 1.82) is 0 Å². The van der Waals surface area contributed by atoms with Crippen LogP contribution in [0.15, 0.2) is 76.8 Å². The number of carbonyl (C=O) groups excluding carboxylic acids is 1. The van der Waals surface area contributed by atoms with Gasteiger partial charge in [0.1, 0.15) is 24.0 Å². The van der Waals surface area contributed by atoms with Crippen molar-refractivity contribution in [2.24, 2.45) is 10.1 Å². The molecule has 3 aromatic carbocycles. The fraction of sp³-hybridized carbons (Fsp3) is 0.310. The van der Waals surface area contributed by atoms with Gasteiger partial charge in [0.15, 0.2) is 5.54 Å². The summed E-state index contributed by atoms with van der Waals surface area (Å²) in [6.07, 6.45) is 0.917. The van der Waals surface area contributed by atoms with Gasteiger partial charge in [0.05, 0.1) is 13.2 Å². The third-order valence-corrected chi connectivity index (χ3v) is 6.39. The molecule has 0 fully saturated rings. The Hall–Kier alpha value is -4.47. The first-order valence-corrected chi connectivity index (χ1v) is 12.8. The number of hydrogen-bond donors (Lipinski definition) is 2. The standard InChI is InChI=1S/C29H29F2N5O4/c30-24-14-20(15-25(31)16-24)10-11-33-28(38)29(17-22-4-1-2-5-23(22)18-34-36-32)19-40-27(35-29)21-6-8-26(9-7-21)39-13-3-12-37/h1-2,4-9,14-16,37H,3,10-13,17-19H2,(H,33,38)/t29-/m1/s1. The van der Waals surface area contributed by atoms with Gasteiger partial charge in [-0.05, 0) is 65.0 Å². The van der Waals surface area contributed by atoms with Crippen LogP contribution in [0.25, 0.3) is 10.4 Å². The van der Waals surface area contributed by atoms with Crippen molar-refractivity contribution in [3.63, 3.8) is 0 Å². The molecule has 0 unspecified atom stereocenters. The Balaban J connectivity index is 1.57. The number of ether oxygens (including phenoxy) is 2. The van der Waals surface area contributed by atoms with Gasteiger partial charge in [0, 0.05) is 42.5 Å². The molecular formula is C29H29F2N5O4. The molecular weight excluding hydrogens is 520 g/mol. The van der Waals surface area contributed by atoms with Gasteiger partial charge in [-0.2, -0.15) is 0 Å². The molecule has 0 bridgehead atoms. The fourth-order valence-electron chi connectivity index (χ4n) is 4.38. The van der Waals surface area contributed by atoms with Crippen molar-refractivity contribution in [2.45, 2.75) is 31.3 Å². The predicted molar refractivity (Wildman–Crippen MR) is 145 cm³/mol. The third kappa shape index (κ3) is 7.34. The van der Waals surface area contributed by atoms with Crippen molar-refractivity contribution in [3.8, 4) is 5.75 Å². The summed E-state index contributed by atoms with van der Waals surface area (Å²) in [7, 11) is 0. The summed E-state index contributed by atoms with van der Waals surface area (Å²) in [6.45, 7) is 0.638. The summed E-state index contributed by atoms with van der Waals surface area (Å²) in [6, 6.07) is 17.6. The molecule has 2 N–H and O–H groups in total. The van der Waals surface area contributed by atoms with E-state index in [0.29, 0.717) is 29.9 Å². The minimum absolute atomic E-state index is 0.0344. The van der Waals surface area contributed by atoms with Crippen LogP contribution in [0, 0.1) is 11.6 Å². The van der Waals surface area contributed by atoms with Crippen molar-refractivity contribution >= 4 is 11.8 Å². The van der Waals surface area contributed by atoms with Crippen molar-refractivity contribution < 1.29 is 28.2 Å². The highest BCUT2D eigenvalue weighted by molar-refractivity contribution is 6.00. The van der Waals surface area contributed by atoms with Gasteiger partial charge in [-0.3, -0.25) is 4.79 Å². The van der Waals surface area contributed by atoms with Crippen LogP contribution < -0.4 is 10.1 Å². The average molecular weight is 550 g/mol. The monoisotopic (exact) mass is 549 g/mol. The van der Waals surface area contributed by atoms with E-state index >= 15 is 0 Å². The van der Waals surface area contributed by atoms with Gasteiger partial charge >= 0.3 is 0 Å². The van der Waals surface area contributed by atoms with E-state index in [1.807, 2.05) is 24.3 Å². The van der Waals surface area contributed by atoms with Crippen LogP contribution in [0.3, 0.4) is 0 Å². The number of aliphatic imine (C=N–C) groups is 1. The maximum absolute atomic E-state index is 13.6. The molecule has 0 radical (unpaired) electrons. The predicted octanol–water partition coefficient (Wildman–Crippen LogP) is 4.65. The minimum atomic E-state index is -1.33. The molecule has 0 aliphatic carbocycles. The number of carbonyl (C=O) groups is 1. The molecule has 208 valence electrons. The molecule has 0 spiro atoms. The van der Waals surface area contributed by atoms with E-state index in [2.05, 4.69) is 15.3 Å². The number of benzene rings is 3. The van der Waals surface area contributed by atoms with Crippen LogP contribution >= 0.6 is 0 Å². The highest BCUT2D eigenvalue weighted by Gasteiger charge is 2.44. The Kier molecular flexibility index (Phi) is 9.66. The summed E-state index contributed by atoms with van der Waals surface area (Å²) in [5.41, 5.74) is 10.1. The molecule has 4 rings (SSSR count). The van der Waals surface area contributed by atoms with Gasteiger partial charge in [0.25, 0.3) is 5.91 Å². The second-order valence-electron chi connectivity index (χ2n) is 9.31. The Labute approximate surface area is 230 Å². The molecule has 1 amide bonds. The van der Waals surface area contributed by atoms with Crippen LogP contribution in [-0.4, -0.2) is 48.8 Å². The van der Waals surface area contributed by atoms with Crippen LogP contribution in [0.1, 0.15) is 28.7 Å². The van der Waals surface area contributed by atoms with E-state index in [4.69, 9.17) is 25.1 Å². The maximum Gasteiger partial charge on any atom is 0.251 e. The number of rotatable bonds is 13. The maximum atomic E-state index is 13.6. The molecule has 0 saturated heterocycles. The number of amides is 1. The van der Waals surface area contributed by atoms with Gasteiger partial charge in [-0.15, -0.1) is 0 Å². The molecule has 3 aromatic rings. The molecule has 9 nitrogen and oxygen atoms in total. The summed E-state index contributed by atoms with van der Waals surface area (Å²) in [5, 5.41) is 15.4. The van der Waals surface area contributed by atoms with Crippen molar-refractivity contribution in [1.82, 2.24) is 5.32 Å². The first kappa shape index (κ1) is 28.5. The smallest absolute Gasteiger partial charge is 0.251 e. The lowest BCUT2D eigenvalue weighted by molar-refractivity contribution is -0.126. The average Bonchev–Trinajstić information content (AvgIpc) is 3.38. The number of nitrogens with zero attached hydrogens (tertiary/aromatic N) is 4. The van der Waals surface area contributed by atoms with Gasteiger partial charge in [-0.1, -0.05) is 29.4 Å². The van der Waals surface area contributed by atoms with Crippen LogP contribution in [0.5, 0.6) is 5.75 Å². The Morgan fingerprint density at radius 3 is 2.55 bits per heavy atom. The zero-order valence-electron chi connectivity index (χ0n) is 21.7. The minimum Gasteiger partial charge on any atom is -0.494 e. The molecule has 1 heterocycles. The highest BCUT2D eigenvalue weighted by Crippen LogP contribution is 2.29. The van der Waals surface area contributed by atoms with E-state index in [1.165, 1.54) is 12.1 Å². The van der Waals surface area contributed by atoms with Gasteiger partial charge in [-0.25, -0.2) is 13.8 Å². The first-order valence-electron chi connectivity index (χ1n) is 12.8. The lowest BCUT2D eigenvalue weighted by Crippen LogP contribution is -2.49. The fourth-order valence-corrected chi connectivity index (χ4v) is 4.38. The van der Waals surface area contributed by atoms with Crippen molar-refractivity contribution in [2.75, 3.05) is 26.4 Å². The number of nitrogens with one attached hydrogen (secondary N) is 1. The van der Waals surface area contributed by atoms with E-state index in [0.717, 1.165) is 17.2 Å². The number of aliphatic hydroxyl groups is 1. The normalized spacial score (nSPS) is 16.0. The van der Waals surface area contributed by atoms with Gasteiger partial charge < -0.3 is 19.9 Å². The number of halogens is 2. The number of azide groups is 1. The van der Waals surface area contributed by atoms with E-state index < -0.39 is 23.1 Å².